The largest absolute Gasteiger partial charge is 0.476 e. The highest BCUT2D eigenvalue weighted by atomic mass is 35.5. The molecular weight excluding hydrogens is 424 g/mol. The SMILES string of the molecule is C[C@H](NC(=O)[C@@H]1CN(S(C)(=O)=O)c2cc(Cl)ccc2O1)c1ccc(C(C)(C)C)cc1. The highest BCUT2D eigenvalue weighted by molar-refractivity contribution is 7.92. The van der Waals surface area contributed by atoms with Crippen molar-refractivity contribution in [1.29, 1.82) is 0 Å². The number of nitrogens with zero attached hydrogens (tertiary/aromatic N) is 1. The molecular formula is C22H27ClN2O4S. The summed E-state index contributed by atoms with van der Waals surface area (Å²) in [7, 11) is -3.61. The normalized spacial score (nSPS) is 17.7. The van der Waals surface area contributed by atoms with E-state index in [2.05, 4.69) is 38.2 Å². The molecule has 0 saturated carbocycles. The smallest absolute Gasteiger partial charge is 0.263 e. The van der Waals surface area contributed by atoms with Crippen molar-refractivity contribution in [3.05, 3.63) is 58.6 Å². The van der Waals surface area contributed by atoms with Gasteiger partial charge in [-0.15, -0.1) is 0 Å². The zero-order valence-electron chi connectivity index (χ0n) is 17.8. The number of ether oxygens (including phenoxy) is 1. The highest BCUT2D eigenvalue weighted by Crippen LogP contribution is 2.37. The molecule has 2 atom stereocenters. The predicted molar refractivity (Wildman–Crippen MR) is 120 cm³/mol. The maximum absolute atomic E-state index is 12.9. The Morgan fingerprint density at radius 1 is 1.20 bits per heavy atom. The van der Waals surface area contributed by atoms with Crippen LogP contribution < -0.4 is 14.4 Å². The molecule has 0 radical (unpaired) electrons. The standard InChI is InChI=1S/C22H27ClN2O4S/c1-14(15-6-8-16(9-7-15)22(2,3)4)24-21(26)20-13-25(30(5,27)28)18-12-17(23)10-11-19(18)29-20/h6-12,14,20H,13H2,1-5H3,(H,24,26)/t14-,20-/m0/s1. The van der Waals surface area contributed by atoms with Crippen molar-refractivity contribution in [1.82, 2.24) is 5.32 Å². The van der Waals surface area contributed by atoms with Gasteiger partial charge >= 0.3 is 0 Å². The Bertz CT molecular complexity index is 1050. The summed E-state index contributed by atoms with van der Waals surface area (Å²) < 4.78 is 31.5. The first kappa shape index (κ1) is 22.4. The van der Waals surface area contributed by atoms with Crippen LogP contribution in [0.5, 0.6) is 5.75 Å². The third-order valence-corrected chi connectivity index (χ3v) is 6.50. The van der Waals surface area contributed by atoms with Gasteiger partial charge in [-0.1, -0.05) is 56.6 Å². The van der Waals surface area contributed by atoms with Crippen LogP contribution in [0.15, 0.2) is 42.5 Å². The molecule has 0 aliphatic carbocycles. The van der Waals surface area contributed by atoms with Crippen LogP contribution in [0.25, 0.3) is 0 Å². The number of sulfonamides is 1. The fourth-order valence-electron chi connectivity index (χ4n) is 3.34. The molecule has 8 heteroatoms. The van der Waals surface area contributed by atoms with E-state index in [4.69, 9.17) is 16.3 Å². The van der Waals surface area contributed by atoms with Gasteiger partial charge in [0, 0.05) is 5.02 Å². The second-order valence-corrected chi connectivity index (χ2v) is 11.0. The molecule has 1 aliphatic rings. The van der Waals surface area contributed by atoms with Crippen LogP contribution in [0.3, 0.4) is 0 Å². The Kier molecular flexibility index (Phi) is 6.07. The lowest BCUT2D eigenvalue weighted by Gasteiger charge is -2.34. The first-order valence-corrected chi connectivity index (χ1v) is 11.9. The predicted octanol–water partition coefficient (Wildman–Crippen LogP) is 4.04. The van der Waals surface area contributed by atoms with Gasteiger partial charge in [0.05, 0.1) is 24.5 Å². The number of nitrogens with one attached hydrogen (secondary N) is 1. The van der Waals surface area contributed by atoms with Crippen LogP contribution >= 0.6 is 11.6 Å². The molecule has 0 fully saturated rings. The van der Waals surface area contributed by atoms with Gasteiger partial charge in [-0.05, 0) is 41.7 Å². The molecule has 6 nitrogen and oxygen atoms in total. The van der Waals surface area contributed by atoms with Crippen LogP contribution in [0, 0.1) is 0 Å². The minimum absolute atomic E-state index is 0.0480. The number of hydrogen-bond acceptors (Lipinski definition) is 4. The molecule has 0 spiro atoms. The van der Waals surface area contributed by atoms with E-state index >= 15 is 0 Å². The summed E-state index contributed by atoms with van der Waals surface area (Å²) in [5, 5.41) is 3.32. The van der Waals surface area contributed by atoms with Crippen molar-refractivity contribution >= 4 is 33.2 Å². The summed E-state index contributed by atoms with van der Waals surface area (Å²) in [6.07, 6.45) is 0.127. The lowest BCUT2D eigenvalue weighted by molar-refractivity contribution is -0.128. The molecule has 0 unspecified atom stereocenters. The van der Waals surface area contributed by atoms with Crippen molar-refractivity contribution in [2.75, 3.05) is 17.1 Å². The number of fused-ring (bicyclic) bond motifs is 1. The zero-order valence-corrected chi connectivity index (χ0v) is 19.3. The van der Waals surface area contributed by atoms with Crippen molar-refractivity contribution in [3.8, 4) is 5.75 Å². The van der Waals surface area contributed by atoms with Crippen LogP contribution in [-0.4, -0.2) is 33.2 Å². The zero-order chi connectivity index (χ0) is 22.3. The number of benzene rings is 2. The Morgan fingerprint density at radius 2 is 1.83 bits per heavy atom. The van der Waals surface area contributed by atoms with Gasteiger partial charge in [-0.2, -0.15) is 0 Å². The average molecular weight is 451 g/mol. The van der Waals surface area contributed by atoms with Gasteiger partial charge in [0.2, 0.25) is 10.0 Å². The van der Waals surface area contributed by atoms with Gasteiger partial charge in [-0.3, -0.25) is 9.10 Å². The molecule has 0 bridgehead atoms. The van der Waals surface area contributed by atoms with E-state index in [-0.39, 0.29) is 23.9 Å². The van der Waals surface area contributed by atoms with E-state index in [1.54, 1.807) is 12.1 Å². The molecule has 0 aromatic heterocycles. The molecule has 0 saturated heterocycles. The van der Waals surface area contributed by atoms with E-state index < -0.39 is 16.1 Å². The summed E-state index contributed by atoms with van der Waals surface area (Å²) in [6.45, 7) is 8.20. The summed E-state index contributed by atoms with van der Waals surface area (Å²) in [4.78, 5) is 12.9. The van der Waals surface area contributed by atoms with Crippen LogP contribution in [0.1, 0.15) is 44.9 Å². The Morgan fingerprint density at radius 3 is 2.40 bits per heavy atom. The van der Waals surface area contributed by atoms with Gasteiger partial charge in [-0.25, -0.2) is 8.42 Å². The van der Waals surface area contributed by atoms with Crippen LogP contribution in [0.4, 0.5) is 5.69 Å². The number of hydrogen-bond donors (Lipinski definition) is 1. The number of rotatable bonds is 4. The number of carbonyl (C=O) groups is 1. The third kappa shape index (κ3) is 4.90. The van der Waals surface area contributed by atoms with Crippen molar-refractivity contribution in [2.24, 2.45) is 0 Å². The topological polar surface area (TPSA) is 75.7 Å². The average Bonchev–Trinajstić information content (AvgIpc) is 2.65. The number of carbonyl (C=O) groups excluding carboxylic acids is 1. The Labute approximate surface area is 183 Å². The van der Waals surface area contributed by atoms with E-state index in [1.807, 2.05) is 19.1 Å². The summed E-state index contributed by atoms with van der Waals surface area (Å²) in [6, 6.07) is 12.5. The molecule has 1 aliphatic heterocycles. The summed E-state index contributed by atoms with van der Waals surface area (Å²) in [5.41, 5.74) is 2.55. The molecule has 30 heavy (non-hydrogen) atoms. The Balaban J connectivity index is 1.77. The molecule has 1 amide bonds. The molecule has 3 rings (SSSR count). The minimum Gasteiger partial charge on any atom is -0.476 e. The summed E-state index contributed by atoms with van der Waals surface area (Å²) >= 11 is 6.01. The maximum atomic E-state index is 12.9. The molecule has 1 heterocycles. The molecule has 2 aromatic rings. The van der Waals surface area contributed by atoms with E-state index in [0.29, 0.717) is 16.5 Å². The van der Waals surface area contributed by atoms with Gasteiger partial charge in [0.15, 0.2) is 6.10 Å². The molecule has 2 aromatic carbocycles. The third-order valence-electron chi connectivity index (χ3n) is 5.12. The highest BCUT2D eigenvalue weighted by Gasteiger charge is 2.35. The van der Waals surface area contributed by atoms with E-state index in [0.717, 1.165) is 16.1 Å². The fraction of sp³-hybridized carbons (Fsp3) is 0.409. The fourth-order valence-corrected chi connectivity index (χ4v) is 4.41. The maximum Gasteiger partial charge on any atom is 0.263 e. The monoisotopic (exact) mass is 450 g/mol. The minimum atomic E-state index is -3.61. The van der Waals surface area contributed by atoms with Crippen molar-refractivity contribution in [3.63, 3.8) is 0 Å². The van der Waals surface area contributed by atoms with Gasteiger partial charge < -0.3 is 10.1 Å². The van der Waals surface area contributed by atoms with Gasteiger partial charge in [0.25, 0.3) is 5.91 Å². The lowest BCUT2D eigenvalue weighted by Crippen LogP contribution is -2.50. The first-order chi connectivity index (χ1) is 13.9. The molecule has 1 N–H and O–H groups in total. The van der Waals surface area contributed by atoms with Crippen molar-refractivity contribution in [2.45, 2.75) is 45.3 Å². The second-order valence-electron chi connectivity index (χ2n) is 8.61. The quantitative estimate of drug-likeness (QED) is 0.762. The second kappa shape index (κ2) is 8.12. The summed E-state index contributed by atoms with van der Waals surface area (Å²) in [5.74, 6) is -0.0740. The first-order valence-electron chi connectivity index (χ1n) is 9.71. The van der Waals surface area contributed by atoms with Crippen LogP contribution in [-0.2, 0) is 20.2 Å². The molecule has 162 valence electrons. The van der Waals surface area contributed by atoms with Crippen LogP contribution in [0.2, 0.25) is 5.02 Å². The number of halogens is 1. The van der Waals surface area contributed by atoms with Crippen molar-refractivity contribution < 1.29 is 17.9 Å². The lowest BCUT2D eigenvalue weighted by atomic mass is 9.86. The Hall–Kier alpha value is -2.25. The van der Waals surface area contributed by atoms with Gasteiger partial charge in [0.1, 0.15) is 5.75 Å². The number of amides is 1. The van der Waals surface area contributed by atoms with E-state index in [9.17, 15) is 13.2 Å². The number of anilines is 1. The van der Waals surface area contributed by atoms with E-state index in [1.165, 1.54) is 11.6 Å².